The third-order valence-corrected chi connectivity index (χ3v) is 4.38. The van der Waals surface area contributed by atoms with Crippen LogP contribution in [0.4, 0.5) is 4.79 Å². The average Bonchev–Trinajstić information content (AvgIpc) is 2.87. The lowest BCUT2D eigenvalue weighted by Gasteiger charge is -2.25. The quantitative estimate of drug-likeness (QED) is 0.894. The summed E-state index contributed by atoms with van der Waals surface area (Å²) in [6.07, 6.45) is 5.42. The molecule has 2 heterocycles. The molecule has 1 N–H and O–H groups in total. The lowest BCUT2D eigenvalue weighted by molar-refractivity contribution is -0.109. The van der Waals surface area contributed by atoms with E-state index in [0.29, 0.717) is 12.2 Å². The van der Waals surface area contributed by atoms with E-state index in [2.05, 4.69) is 10.3 Å². The third-order valence-electron chi connectivity index (χ3n) is 3.22. The molecule has 1 unspecified atom stereocenters. The number of nitrogens with one attached hydrogen (secondary N) is 1. The van der Waals surface area contributed by atoms with Gasteiger partial charge in [0.2, 0.25) is 0 Å². The first-order chi connectivity index (χ1) is 10.8. The number of rotatable bonds is 2. The normalized spacial score (nSPS) is 20.5. The van der Waals surface area contributed by atoms with E-state index < -0.39 is 11.7 Å². The van der Waals surface area contributed by atoms with Gasteiger partial charge in [-0.2, -0.15) is 0 Å². The Labute approximate surface area is 140 Å². The molecule has 126 valence electrons. The Balaban J connectivity index is 2.23. The summed E-state index contributed by atoms with van der Waals surface area (Å²) in [5.41, 5.74) is 1.18. The van der Waals surface area contributed by atoms with E-state index in [9.17, 15) is 9.59 Å². The van der Waals surface area contributed by atoms with Crippen molar-refractivity contribution in [3.05, 3.63) is 23.8 Å². The average molecular weight is 337 g/mol. The van der Waals surface area contributed by atoms with Crippen LogP contribution in [0.2, 0.25) is 0 Å². The first kappa shape index (κ1) is 17.7. The maximum absolute atomic E-state index is 12.2. The van der Waals surface area contributed by atoms with Crippen LogP contribution in [0.1, 0.15) is 39.8 Å². The Hall–Kier alpha value is -1.60. The largest absolute Gasteiger partial charge is 0.443 e. The van der Waals surface area contributed by atoms with Crippen LogP contribution in [0, 0.1) is 0 Å². The van der Waals surface area contributed by atoms with Crippen molar-refractivity contribution in [3.8, 4) is 0 Å². The Morgan fingerprint density at radius 1 is 1.48 bits per heavy atom. The smallest absolute Gasteiger partial charge is 0.420 e. The highest BCUT2D eigenvalue weighted by Crippen LogP contribution is 2.27. The van der Waals surface area contributed by atoms with Gasteiger partial charge in [0.1, 0.15) is 11.9 Å². The van der Waals surface area contributed by atoms with Crippen molar-refractivity contribution in [1.29, 1.82) is 0 Å². The molecule has 0 aromatic carbocycles. The number of carbonyl (C=O) groups excluding carboxylic acids is 2. The number of nitrogens with zero attached hydrogens (tertiary/aromatic N) is 2. The molecule has 1 aromatic rings. The molecule has 1 aliphatic heterocycles. The molecular weight excluding hydrogens is 314 g/mol. The van der Waals surface area contributed by atoms with Gasteiger partial charge < -0.3 is 10.1 Å². The van der Waals surface area contributed by atoms with Gasteiger partial charge >= 0.3 is 6.09 Å². The maximum atomic E-state index is 12.2. The highest BCUT2D eigenvalue weighted by molar-refractivity contribution is 8.14. The first-order valence-corrected chi connectivity index (χ1v) is 8.48. The van der Waals surface area contributed by atoms with Crippen LogP contribution in [0.15, 0.2) is 18.1 Å². The van der Waals surface area contributed by atoms with Crippen molar-refractivity contribution in [2.24, 2.45) is 0 Å². The van der Waals surface area contributed by atoms with Crippen LogP contribution in [0.3, 0.4) is 0 Å². The van der Waals surface area contributed by atoms with E-state index in [1.165, 1.54) is 22.7 Å². The minimum atomic E-state index is -0.564. The number of piperidine rings is 1. The molecule has 0 amide bonds. The van der Waals surface area contributed by atoms with Gasteiger partial charge in [-0.1, -0.05) is 11.8 Å². The summed E-state index contributed by atoms with van der Waals surface area (Å²) in [5.74, 6) is 0. The third kappa shape index (κ3) is 5.21. The SMILES string of the molecule is CC(=O)SC1CCNC/C1=C\c1cncn1C(=O)OC(C)(C)C. The molecule has 0 saturated carbocycles. The summed E-state index contributed by atoms with van der Waals surface area (Å²) < 4.78 is 6.77. The number of hydrogen-bond donors (Lipinski definition) is 1. The lowest BCUT2D eigenvalue weighted by Crippen LogP contribution is -2.32. The lowest BCUT2D eigenvalue weighted by atomic mass is 10.0. The number of thioether (sulfide) groups is 1. The van der Waals surface area contributed by atoms with Crippen LogP contribution < -0.4 is 5.32 Å². The van der Waals surface area contributed by atoms with Crippen LogP contribution in [0.25, 0.3) is 6.08 Å². The molecule has 1 saturated heterocycles. The summed E-state index contributed by atoms with van der Waals surface area (Å²) in [4.78, 5) is 27.7. The number of carbonyl (C=O) groups is 2. The summed E-state index contributed by atoms with van der Waals surface area (Å²) in [6, 6.07) is 0. The topological polar surface area (TPSA) is 73.2 Å². The van der Waals surface area contributed by atoms with E-state index in [1.807, 2.05) is 26.8 Å². The Bertz CT molecular complexity index is 616. The number of ether oxygens (including phenoxy) is 1. The van der Waals surface area contributed by atoms with Crippen LogP contribution >= 0.6 is 11.8 Å². The molecule has 0 spiro atoms. The van der Waals surface area contributed by atoms with E-state index >= 15 is 0 Å². The van der Waals surface area contributed by atoms with Crippen LogP contribution in [-0.4, -0.2) is 44.7 Å². The molecule has 1 aliphatic rings. The standard InChI is InChI=1S/C16H23N3O3S/c1-11(20)23-14-5-6-17-8-12(14)7-13-9-18-10-19(13)15(21)22-16(2,3)4/h7,9-10,14,17H,5-6,8H2,1-4H3/b12-7+. The van der Waals surface area contributed by atoms with E-state index in [4.69, 9.17) is 4.74 Å². The molecule has 0 bridgehead atoms. The van der Waals surface area contributed by atoms with Gasteiger partial charge in [-0.05, 0) is 45.4 Å². The van der Waals surface area contributed by atoms with Gasteiger partial charge in [-0.3, -0.25) is 4.79 Å². The maximum Gasteiger partial charge on any atom is 0.420 e. The number of aromatic nitrogens is 2. The summed E-state index contributed by atoms with van der Waals surface area (Å²) in [5, 5.41) is 3.53. The fraction of sp³-hybridized carbons (Fsp3) is 0.562. The molecule has 7 heteroatoms. The van der Waals surface area contributed by atoms with Crippen molar-refractivity contribution in [2.75, 3.05) is 13.1 Å². The van der Waals surface area contributed by atoms with Crippen LogP contribution in [-0.2, 0) is 9.53 Å². The van der Waals surface area contributed by atoms with Gasteiger partial charge in [0, 0.05) is 18.7 Å². The molecule has 0 radical (unpaired) electrons. The summed E-state index contributed by atoms with van der Waals surface area (Å²) >= 11 is 1.34. The minimum Gasteiger partial charge on any atom is -0.443 e. The first-order valence-electron chi connectivity index (χ1n) is 7.60. The number of hydrogen-bond acceptors (Lipinski definition) is 6. The predicted octanol–water partition coefficient (Wildman–Crippen LogP) is 2.69. The van der Waals surface area contributed by atoms with Gasteiger partial charge in [0.25, 0.3) is 0 Å². The van der Waals surface area contributed by atoms with Crippen molar-refractivity contribution >= 4 is 29.0 Å². The molecule has 1 fully saturated rings. The monoisotopic (exact) mass is 337 g/mol. The molecule has 0 aliphatic carbocycles. The van der Waals surface area contributed by atoms with Gasteiger partial charge in [0.05, 0.1) is 11.9 Å². The Morgan fingerprint density at radius 3 is 2.87 bits per heavy atom. The molecule has 6 nitrogen and oxygen atoms in total. The zero-order chi connectivity index (χ0) is 17.0. The Morgan fingerprint density at radius 2 is 2.22 bits per heavy atom. The fourth-order valence-electron chi connectivity index (χ4n) is 2.31. The predicted molar refractivity (Wildman–Crippen MR) is 91.4 cm³/mol. The van der Waals surface area contributed by atoms with Crippen LogP contribution in [0.5, 0.6) is 0 Å². The summed E-state index contributed by atoms with van der Waals surface area (Å²) in [7, 11) is 0. The van der Waals surface area contributed by atoms with E-state index in [0.717, 1.165) is 18.5 Å². The second-order valence-corrected chi connectivity index (χ2v) is 7.83. The number of imidazole rings is 1. The molecule has 2 rings (SSSR count). The van der Waals surface area contributed by atoms with Gasteiger partial charge in [0.15, 0.2) is 5.12 Å². The second-order valence-electron chi connectivity index (χ2n) is 6.45. The highest BCUT2D eigenvalue weighted by Gasteiger charge is 2.23. The highest BCUT2D eigenvalue weighted by atomic mass is 32.2. The Kier molecular flexibility index (Phi) is 5.64. The fourth-order valence-corrected chi connectivity index (χ4v) is 3.25. The van der Waals surface area contributed by atoms with Gasteiger partial charge in [-0.15, -0.1) is 0 Å². The molecular formula is C16H23N3O3S. The van der Waals surface area contributed by atoms with E-state index in [1.54, 1.807) is 13.1 Å². The van der Waals surface area contributed by atoms with Gasteiger partial charge in [-0.25, -0.2) is 14.3 Å². The molecule has 1 atom stereocenters. The second kappa shape index (κ2) is 7.31. The zero-order valence-corrected chi connectivity index (χ0v) is 14.8. The van der Waals surface area contributed by atoms with Crippen molar-refractivity contribution in [3.63, 3.8) is 0 Å². The van der Waals surface area contributed by atoms with Crippen molar-refractivity contribution in [2.45, 2.75) is 45.0 Å². The molecule has 23 heavy (non-hydrogen) atoms. The summed E-state index contributed by atoms with van der Waals surface area (Å²) in [6.45, 7) is 8.63. The zero-order valence-electron chi connectivity index (χ0n) is 14.0. The van der Waals surface area contributed by atoms with Crippen molar-refractivity contribution in [1.82, 2.24) is 14.9 Å². The molecule has 1 aromatic heterocycles. The van der Waals surface area contributed by atoms with Crippen molar-refractivity contribution < 1.29 is 14.3 Å². The minimum absolute atomic E-state index is 0.100. The van der Waals surface area contributed by atoms with E-state index in [-0.39, 0.29) is 10.4 Å².